The molecule has 0 saturated carbocycles. The maximum atomic E-state index is 14.6. The first kappa shape index (κ1) is 38.2. The van der Waals surface area contributed by atoms with Gasteiger partial charge in [-0.15, -0.1) is 6.58 Å². The average Bonchev–Trinajstić information content (AvgIpc) is 2.87. The Hall–Kier alpha value is -2.92. The molecule has 39 heavy (non-hydrogen) atoms. The maximum Gasteiger partial charge on any atom is 0.185 e. The van der Waals surface area contributed by atoms with Crippen LogP contribution in [0, 0.1) is 0 Å². The van der Waals surface area contributed by atoms with Crippen molar-refractivity contribution < 1.29 is 19.0 Å². The first-order chi connectivity index (χ1) is 18.2. The highest BCUT2D eigenvalue weighted by Crippen LogP contribution is 2.35. The number of aliphatic hydroxyl groups excluding tert-OH is 1. The number of alkyl halides is 1. The zero-order valence-electron chi connectivity index (χ0n) is 26.3. The molecule has 0 aliphatic carbocycles. The molecule has 0 aliphatic rings. The monoisotopic (exact) mass is 543 g/mol. The number of hydrogen-bond acceptors (Lipinski definition) is 4. The SMILES string of the molecule is C=C(C)/C=C(C(=C)C)\C(=C/C)N=C(C)OCCOc1c(CC)cccc1C(C)(C)F.C=C(C)CC.CCCO. The summed E-state index contributed by atoms with van der Waals surface area (Å²) in [4.78, 5) is 4.57. The van der Waals surface area contributed by atoms with Gasteiger partial charge in [0, 0.05) is 24.7 Å². The van der Waals surface area contributed by atoms with E-state index in [0.717, 1.165) is 47.2 Å². The second-order valence-corrected chi connectivity index (χ2v) is 9.84. The van der Waals surface area contributed by atoms with Crippen molar-refractivity contribution in [3.63, 3.8) is 0 Å². The first-order valence-corrected chi connectivity index (χ1v) is 13.8. The van der Waals surface area contributed by atoms with E-state index in [9.17, 15) is 4.39 Å². The van der Waals surface area contributed by atoms with Gasteiger partial charge >= 0.3 is 0 Å². The summed E-state index contributed by atoms with van der Waals surface area (Å²) in [6, 6.07) is 5.60. The van der Waals surface area contributed by atoms with Gasteiger partial charge in [0.25, 0.3) is 0 Å². The number of aryl methyl sites for hydroxylation is 1. The van der Waals surface area contributed by atoms with Gasteiger partial charge in [0.2, 0.25) is 0 Å². The van der Waals surface area contributed by atoms with Gasteiger partial charge in [0.15, 0.2) is 5.90 Å². The third-order valence-corrected chi connectivity index (χ3v) is 5.26. The topological polar surface area (TPSA) is 51.0 Å². The second-order valence-electron chi connectivity index (χ2n) is 9.84. The Kier molecular flexibility index (Phi) is 20.6. The molecule has 0 spiro atoms. The van der Waals surface area contributed by atoms with E-state index in [1.165, 1.54) is 19.4 Å². The van der Waals surface area contributed by atoms with Crippen LogP contribution >= 0.6 is 0 Å². The quantitative estimate of drug-likeness (QED) is 0.0938. The minimum absolute atomic E-state index is 0.299. The van der Waals surface area contributed by atoms with Crippen LogP contribution in [0.4, 0.5) is 4.39 Å². The van der Waals surface area contributed by atoms with E-state index >= 15 is 0 Å². The van der Waals surface area contributed by atoms with Gasteiger partial charge in [0.05, 0.1) is 5.70 Å². The van der Waals surface area contributed by atoms with Crippen LogP contribution in [-0.4, -0.2) is 30.8 Å². The third kappa shape index (κ3) is 17.3. The van der Waals surface area contributed by atoms with Crippen LogP contribution in [0.2, 0.25) is 0 Å². The minimum atomic E-state index is -1.48. The molecule has 0 radical (unpaired) electrons. The van der Waals surface area contributed by atoms with Gasteiger partial charge in [-0.1, -0.05) is 75.4 Å². The zero-order valence-corrected chi connectivity index (χ0v) is 26.3. The summed E-state index contributed by atoms with van der Waals surface area (Å²) in [5, 5.41) is 7.88. The lowest BCUT2D eigenvalue weighted by Crippen LogP contribution is -2.16. The van der Waals surface area contributed by atoms with Crippen molar-refractivity contribution in [2.45, 2.75) is 94.2 Å². The lowest BCUT2D eigenvalue weighted by Gasteiger charge is -2.21. The molecule has 0 aromatic heterocycles. The molecule has 220 valence electrons. The number of hydrogen-bond donors (Lipinski definition) is 1. The lowest BCUT2D eigenvalue weighted by atomic mass is 9.95. The van der Waals surface area contributed by atoms with Gasteiger partial charge < -0.3 is 14.6 Å². The molecule has 0 fully saturated rings. The molecular formula is C34H54FNO3. The molecule has 0 amide bonds. The smallest absolute Gasteiger partial charge is 0.185 e. The molecule has 5 heteroatoms. The summed E-state index contributed by atoms with van der Waals surface area (Å²) in [5.41, 5.74) is 4.85. The van der Waals surface area contributed by atoms with Crippen LogP contribution in [0.5, 0.6) is 5.75 Å². The Morgan fingerprint density at radius 1 is 1.05 bits per heavy atom. The molecule has 0 atom stereocenters. The summed E-state index contributed by atoms with van der Waals surface area (Å²) in [7, 11) is 0. The van der Waals surface area contributed by atoms with Gasteiger partial charge in [0.1, 0.15) is 24.6 Å². The molecule has 1 aromatic carbocycles. The van der Waals surface area contributed by atoms with Crippen molar-refractivity contribution in [3.05, 3.63) is 89.2 Å². The van der Waals surface area contributed by atoms with Crippen LogP contribution in [-0.2, 0) is 16.8 Å². The largest absolute Gasteiger partial charge is 0.489 e. The van der Waals surface area contributed by atoms with Crippen LogP contribution < -0.4 is 4.74 Å². The van der Waals surface area contributed by atoms with Crippen molar-refractivity contribution in [3.8, 4) is 5.75 Å². The highest BCUT2D eigenvalue weighted by Gasteiger charge is 2.25. The fraction of sp³-hybridized carbons (Fsp3) is 0.500. The highest BCUT2D eigenvalue weighted by atomic mass is 19.1. The molecule has 0 unspecified atom stereocenters. The molecule has 0 saturated heterocycles. The molecule has 4 nitrogen and oxygen atoms in total. The predicted octanol–water partition coefficient (Wildman–Crippen LogP) is 9.61. The van der Waals surface area contributed by atoms with E-state index in [4.69, 9.17) is 14.6 Å². The second kappa shape index (κ2) is 21.0. The summed E-state index contributed by atoms with van der Waals surface area (Å²) in [6.45, 7) is 31.3. The lowest BCUT2D eigenvalue weighted by molar-refractivity contribution is 0.185. The molecule has 0 heterocycles. The van der Waals surface area contributed by atoms with Crippen molar-refractivity contribution >= 4 is 5.90 Å². The average molecular weight is 544 g/mol. The van der Waals surface area contributed by atoms with E-state index in [0.29, 0.717) is 37.0 Å². The number of para-hydroxylation sites is 1. The minimum Gasteiger partial charge on any atom is -0.489 e. The molecule has 1 N–H and O–H groups in total. The number of rotatable bonds is 12. The summed E-state index contributed by atoms with van der Waals surface area (Å²) >= 11 is 0. The van der Waals surface area contributed by atoms with E-state index in [2.05, 4.69) is 31.7 Å². The molecule has 0 bridgehead atoms. The standard InChI is InChI=1S/C26H36FNO2.C5H10.C3H8O/c1-10-21-13-12-14-23(26(8,9)27)25(21)30-16-15-29-20(7)28-24(11-2)22(19(5)6)17-18(3)4;1-4-5(2)3;1-2-3-4/h11-14,17H,3,5,10,15-16H2,1-2,4,6-9H3;2,4H2,1,3H3;4H,2-3H2,1H3/b22-17-,24-11+,28-20?;;. The maximum absolute atomic E-state index is 14.6. The number of halogens is 1. The fourth-order valence-electron chi connectivity index (χ4n) is 2.98. The number of benzene rings is 1. The summed E-state index contributed by atoms with van der Waals surface area (Å²) in [5.74, 6) is 1.13. The fourth-order valence-corrected chi connectivity index (χ4v) is 2.98. The van der Waals surface area contributed by atoms with E-state index in [1.54, 1.807) is 13.0 Å². The van der Waals surface area contributed by atoms with Gasteiger partial charge in [-0.2, -0.15) is 0 Å². The molecule has 1 rings (SSSR count). The Morgan fingerprint density at radius 2 is 1.62 bits per heavy atom. The Morgan fingerprint density at radius 3 is 2.00 bits per heavy atom. The summed E-state index contributed by atoms with van der Waals surface area (Å²) < 4.78 is 26.3. The molecular weight excluding hydrogens is 489 g/mol. The summed E-state index contributed by atoms with van der Waals surface area (Å²) in [6.07, 6.45) is 6.63. The Bertz CT molecular complexity index is 992. The number of ether oxygens (including phenoxy) is 2. The van der Waals surface area contributed by atoms with Crippen molar-refractivity contribution in [1.82, 2.24) is 0 Å². The number of aliphatic hydroxyl groups is 1. The number of allylic oxidation sites excluding steroid dienone is 5. The van der Waals surface area contributed by atoms with Crippen molar-refractivity contribution in [2.24, 2.45) is 4.99 Å². The van der Waals surface area contributed by atoms with Gasteiger partial charge in [-0.05, 0) is 71.9 Å². The normalized spacial score (nSPS) is 11.9. The van der Waals surface area contributed by atoms with Crippen LogP contribution in [0.25, 0.3) is 0 Å². The van der Waals surface area contributed by atoms with Crippen molar-refractivity contribution in [1.29, 1.82) is 0 Å². The van der Waals surface area contributed by atoms with E-state index < -0.39 is 5.67 Å². The molecule has 0 aliphatic heterocycles. The first-order valence-electron chi connectivity index (χ1n) is 13.8. The van der Waals surface area contributed by atoms with Gasteiger partial charge in [-0.25, -0.2) is 9.38 Å². The van der Waals surface area contributed by atoms with E-state index in [-0.39, 0.29) is 0 Å². The Labute approximate surface area is 238 Å². The Balaban J connectivity index is 0. The predicted molar refractivity (Wildman–Crippen MR) is 168 cm³/mol. The van der Waals surface area contributed by atoms with Gasteiger partial charge in [-0.3, -0.25) is 0 Å². The zero-order chi connectivity index (χ0) is 30.6. The van der Waals surface area contributed by atoms with Crippen molar-refractivity contribution in [2.75, 3.05) is 19.8 Å². The van der Waals surface area contributed by atoms with Crippen LogP contribution in [0.3, 0.4) is 0 Å². The number of nitrogens with zero attached hydrogens (tertiary/aromatic N) is 1. The van der Waals surface area contributed by atoms with E-state index in [1.807, 2.05) is 65.8 Å². The molecule has 1 aromatic rings. The third-order valence-electron chi connectivity index (χ3n) is 5.26. The number of aliphatic imine (C=N–C) groups is 1. The van der Waals surface area contributed by atoms with Crippen LogP contribution in [0.1, 0.15) is 93.2 Å². The highest BCUT2D eigenvalue weighted by molar-refractivity contribution is 5.75. The van der Waals surface area contributed by atoms with Crippen LogP contribution in [0.15, 0.2) is 83.1 Å².